The van der Waals surface area contributed by atoms with E-state index in [4.69, 9.17) is 14.2 Å². The normalized spacial score (nSPS) is 16.9. The van der Waals surface area contributed by atoms with Gasteiger partial charge in [0.05, 0.1) is 23.8 Å². The van der Waals surface area contributed by atoms with E-state index >= 15 is 0 Å². The molecule has 1 unspecified atom stereocenters. The Kier molecular flexibility index (Phi) is 12.3. The minimum absolute atomic E-state index is 0.105. The van der Waals surface area contributed by atoms with Crippen LogP contribution in [0.2, 0.25) is 0 Å². The number of nitrogens with zero attached hydrogens (tertiary/aromatic N) is 6. The average molecular weight is 814 g/mol. The lowest BCUT2D eigenvalue weighted by Crippen LogP contribution is -2.64. The van der Waals surface area contributed by atoms with Gasteiger partial charge in [-0.3, -0.25) is 24.3 Å². The summed E-state index contributed by atoms with van der Waals surface area (Å²) in [6.45, 7) is 10.3. The SMILES string of the molecule is C=CCCC(C(=O)NC)N(C)C(=O)c1ccc(N2CC(OCCCOCCN3CC4(CC(Oc5ccc(-c6ccc7c8cnccc8n(C)c7c6)cn5)C4)C3)C2)cc1C=O. The molecule has 3 aromatic heterocycles. The quantitative estimate of drug-likeness (QED) is 0.0611. The molecule has 5 aromatic rings. The lowest BCUT2D eigenvalue weighted by molar-refractivity contribution is -0.125. The maximum absolute atomic E-state index is 13.3. The van der Waals surface area contributed by atoms with E-state index in [-0.39, 0.29) is 29.6 Å². The first kappa shape index (κ1) is 41.1. The fourth-order valence-electron chi connectivity index (χ4n) is 9.11. The lowest BCUT2D eigenvalue weighted by atomic mass is 9.62. The molecule has 1 aliphatic carbocycles. The van der Waals surface area contributed by atoms with Gasteiger partial charge in [0.15, 0.2) is 6.29 Å². The van der Waals surface area contributed by atoms with E-state index in [2.05, 4.69) is 73.6 Å². The molecule has 2 amide bonds. The molecule has 2 aromatic carbocycles. The molecule has 60 heavy (non-hydrogen) atoms. The zero-order valence-corrected chi connectivity index (χ0v) is 34.8. The van der Waals surface area contributed by atoms with Crippen LogP contribution in [0.25, 0.3) is 32.9 Å². The van der Waals surface area contributed by atoms with Crippen LogP contribution >= 0.6 is 0 Å². The summed E-state index contributed by atoms with van der Waals surface area (Å²) in [6, 6.07) is 17.3. The van der Waals surface area contributed by atoms with Crippen LogP contribution < -0.4 is 15.0 Å². The molecule has 0 radical (unpaired) electrons. The largest absolute Gasteiger partial charge is 0.474 e. The van der Waals surface area contributed by atoms with Crippen LogP contribution in [0.1, 0.15) is 52.8 Å². The third-order valence-corrected chi connectivity index (χ3v) is 12.5. The highest BCUT2D eigenvalue weighted by Gasteiger charge is 2.53. The number of likely N-dealkylation sites (N-methyl/N-ethyl adjacent to an activating group) is 2. The number of pyridine rings is 2. The number of likely N-dealkylation sites (tertiary alicyclic amines) is 1. The summed E-state index contributed by atoms with van der Waals surface area (Å²) >= 11 is 0. The number of hydrogen-bond donors (Lipinski definition) is 1. The number of ether oxygens (including phenoxy) is 3. The van der Waals surface area contributed by atoms with Crippen molar-refractivity contribution >= 4 is 45.6 Å². The van der Waals surface area contributed by atoms with Gasteiger partial charge >= 0.3 is 0 Å². The highest BCUT2D eigenvalue weighted by molar-refractivity contribution is 6.08. The standard InChI is InChI=1S/C47H55N7O6/c1-5-6-8-42(45(56)48-2)52(4)46(57)38-13-11-35(21-34(38)29-55)54-27-37(28-54)59-19-7-18-58-20-17-53-30-47(31-53)23-36(24-47)60-44-14-10-33(25-50-44)32-9-12-39-40-26-49-16-15-41(40)51(3)43(39)22-32/h5,9-16,21-22,25-26,29,36-37,42H,1,6-8,17-20,23-24,27-28,30-31H2,2-4H3,(H,48,56). The number of aldehydes is 1. The monoisotopic (exact) mass is 813 g/mol. The fraction of sp³-hybridized carbons (Fsp3) is 0.426. The Morgan fingerprint density at radius 2 is 1.80 bits per heavy atom. The lowest BCUT2D eigenvalue weighted by Gasteiger charge is -2.58. The maximum Gasteiger partial charge on any atom is 0.255 e. The molecule has 13 heteroatoms. The van der Waals surface area contributed by atoms with Gasteiger partial charge in [-0.25, -0.2) is 4.98 Å². The van der Waals surface area contributed by atoms with Gasteiger partial charge < -0.3 is 33.9 Å². The third kappa shape index (κ3) is 8.52. The number of nitrogens with one attached hydrogen (secondary N) is 1. The predicted octanol–water partition coefficient (Wildman–Crippen LogP) is 5.91. The van der Waals surface area contributed by atoms with E-state index in [0.29, 0.717) is 68.9 Å². The smallest absolute Gasteiger partial charge is 0.255 e. The fourth-order valence-corrected chi connectivity index (χ4v) is 9.11. The molecule has 2 saturated heterocycles. The molecule has 1 atom stereocenters. The molecule has 3 aliphatic rings. The topological polar surface area (TPSA) is 131 Å². The second-order valence-corrected chi connectivity index (χ2v) is 16.6. The van der Waals surface area contributed by atoms with Gasteiger partial charge in [-0.1, -0.05) is 18.2 Å². The van der Waals surface area contributed by atoms with E-state index in [1.807, 2.05) is 30.7 Å². The number of aryl methyl sites for hydroxylation is 1. The van der Waals surface area contributed by atoms with Crippen molar-refractivity contribution in [2.24, 2.45) is 12.5 Å². The van der Waals surface area contributed by atoms with E-state index < -0.39 is 6.04 Å². The van der Waals surface area contributed by atoms with Gasteiger partial charge in [-0.2, -0.15) is 0 Å². The first-order valence-electron chi connectivity index (χ1n) is 21.0. The van der Waals surface area contributed by atoms with Gasteiger partial charge in [-0.05, 0) is 74.1 Å². The van der Waals surface area contributed by atoms with Gasteiger partial charge in [0, 0.05) is 130 Å². The first-order valence-corrected chi connectivity index (χ1v) is 21.0. The van der Waals surface area contributed by atoms with E-state index in [1.165, 1.54) is 21.3 Å². The zero-order valence-electron chi connectivity index (χ0n) is 34.8. The van der Waals surface area contributed by atoms with Crippen LogP contribution in [0.15, 0.2) is 85.8 Å². The molecule has 1 N–H and O–H groups in total. The number of rotatable bonds is 19. The number of carbonyl (C=O) groups is 3. The number of hydrogen-bond acceptors (Lipinski definition) is 10. The van der Waals surface area contributed by atoms with Crippen LogP contribution in [0.5, 0.6) is 5.88 Å². The molecule has 0 bridgehead atoms. The Morgan fingerprint density at radius 3 is 2.55 bits per heavy atom. The molecule has 3 fully saturated rings. The number of carbonyl (C=O) groups excluding carboxylic acids is 3. The summed E-state index contributed by atoms with van der Waals surface area (Å²) in [7, 11) is 5.23. The van der Waals surface area contributed by atoms with Crippen LogP contribution in [-0.4, -0.2) is 127 Å². The Balaban J connectivity index is 0.683. The molecule has 1 saturated carbocycles. The first-order chi connectivity index (χ1) is 29.2. The van der Waals surface area contributed by atoms with Gasteiger partial charge in [0.2, 0.25) is 11.8 Å². The maximum atomic E-state index is 13.3. The third-order valence-electron chi connectivity index (χ3n) is 12.5. The van der Waals surface area contributed by atoms with Crippen molar-refractivity contribution in [3.05, 3.63) is 97.0 Å². The Morgan fingerprint density at radius 1 is 0.983 bits per heavy atom. The highest BCUT2D eigenvalue weighted by atomic mass is 16.5. The minimum atomic E-state index is -0.660. The highest BCUT2D eigenvalue weighted by Crippen LogP contribution is 2.49. The molecule has 1 spiro atoms. The van der Waals surface area contributed by atoms with Crippen molar-refractivity contribution < 1.29 is 28.6 Å². The van der Waals surface area contributed by atoms with Gasteiger partial charge in [0.1, 0.15) is 12.1 Å². The summed E-state index contributed by atoms with van der Waals surface area (Å²) in [5.74, 6) is 0.0555. The molecule has 314 valence electrons. The van der Waals surface area contributed by atoms with Crippen molar-refractivity contribution in [2.75, 3.05) is 71.5 Å². The summed E-state index contributed by atoms with van der Waals surface area (Å²) in [6.07, 6.45) is 12.4. The summed E-state index contributed by atoms with van der Waals surface area (Å²) in [5, 5.41) is 4.99. The van der Waals surface area contributed by atoms with Crippen molar-refractivity contribution in [3.63, 3.8) is 0 Å². The van der Waals surface area contributed by atoms with Crippen LogP contribution in [0.3, 0.4) is 0 Å². The van der Waals surface area contributed by atoms with Crippen molar-refractivity contribution in [3.8, 4) is 17.0 Å². The van der Waals surface area contributed by atoms with Crippen molar-refractivity contribution in [1.29, 1.82) is 0 Å². The van der Waals surface area contributed by atoms with Gasteiger partial charge in [-0.15, -0.1) is 6.58 Å². The molecule has 8 rings (SSSR count). The minimum Gasteiger partial charge on any atom is -0.474 e. The second-order valence-electron chi connectivity index (χ2n) is 16.6. The molecule has 5 heterocycles. The molecule has 13 nitrogen and oxygen atoms in total. The number of fused-ring (bicyclic) bond motifs is 3. The number of aromatic nitrogens is 3. The Labute approximate surface area is 351 Å². The summed E-state index contributed by atoms with van der Waals surface area (Å²) < 4.78 is 20.5. The Hall–Kier alpha value is -5.63. The number of anilines is 1. The molecular formula is C47H55N7O6. The average Bonchev–Trinajstić information content (AvgIpc) is 3.52. The van der Waals surface area contributed by atoms with Crippen molar-refractivity contribution in [1.82, 2.24) is 29.7 Å². The van der Waals surface area contributed by atoms with E-state index in [0.717, 1.165) is 61.1 Å². The number of allylic oxidation sites excluding steroid dienone is 1. The number of amides is 2. The predicted molar refractivity (Wildman–Crippen MR) is 233 cm³/mol. The second kappa shape index (κ2) is 17.9. The van der Waals surface area contributed by atoms with E-state index in [9.17, 15) is 14.4 Å². The van der Waals surface area contributed by atoms with Crippen molar-refractivity contribution in [2.45, 2.75) is 50.4 Å². The van der Waals surface area contributed by atoms with E-state index in [1.54, 1.807) is 32.3 Å². The zero-order chi connectivity index (χ0) is 41.8. The van der Waals surface area contributed by atoms with Crippen LogP contribution in [0.4, 0.5) is 5.69 Å². The molecule has 2 aliphatic heterocycles. The van der Waals surface area contributed by atoms with Gasteiger partial charge in [0.25, 0.3) is 5.91 Å². The Bertz CT molecular complexity index is 2340. The van der Waals surface area contributed by atoms with Crippen LogP contribution in [0, 0.1) is 5.41 Å². The van der Waals surface area contributed by atoms with Crippen LogP contribution in [-0.2, 0) is 21.3 Å². The number of benzene rings is 2. The molecular weight excluding hydrogens is 759 g/mol. The summed E-state index contributed by atoms with van der Waals surface area (Å²) in [5.41, 5.74) is 6.34. The summed E-state index contributed by atoms with van der Waals surface area (Å²) in [4.78, 5) is 52.7.